The molecule has 0 aliphatic heterocycles. The first kappa shape index (κ1) is 11.2. The van der Waals surface area contributed by atoms with Crippen LogP contribution in [0.1, 0.15) is 42.1 Å². The molecule has 0 radical (unpaired) electrons. The molecule has 1 aliphatic rings. The Balaban J connectivity index is 2.28. The summed E-state index contributed by atoms with van der Waals surface area (Å²) in [7, 11) is 0. The number of Topliss-reactive ketones (excluding diaryl/α,β-unsaturated/α-hetero) is 1. The highest BCUT2D eigenvalue weighted by Gasteiger charge is 2.28. The molecule has 0 bridgehead atoms. The van der Waals surface area contributed by atoms with Gasteiger partial charge in [0.15, 0.2) is 5.78 Å². The molecule has 0 unspecified atom stereocenters. The lowest BCUT2D eigenvalue weighted by molar-refractivity contribution is 0.0851. The Hall–Kier alpha value is -1.31. The zero-order chi connectivity index (χ0) is 11.5. The molecule has 1 saturated carbocycles. The first-order valence-corrected chi connectivity index (χ1v) is 6.00. The Morgan fingerprint density at radius 2 is 2.19 bits per heavy atom. The molecule has 16 heavy (non-hydrogen) atoms. The standard InChI is InChI=1S/C14H18O2/c1-3-16-13-8-7-10(2)9-12(13)14(15)11-5-4-6-11/h7-9,11H,3-6H2,1-2H3. The number of carbonyl (C=O) groups is 1. The van der Waals surface area contributed by atoms with Crippen LogP contribution in [0.15, 0.2) is 18.2 Å². The van der Waals surface area contributed by atoms with E-state index < -0.39 is 0 Å². The molecular formula is C14H18O2. The number of rotatable bonds is 4. The predicted molar refractivity (Wildman–Crippen MR) is 64.0 cm³/mol. The maximum absolute atomic E-state index is 12.2. The highest BCUT2D eigenvalue weighted by Crippen LogP contribution is 2.33. The Morgan fingerprint density at radius 3 is 2.75 bits per heavy atom. The van der Waals surface area contributed by atoms with Gasteiger partial charge in [-0.15, -0.1) is 0 Å². The molecule has 0 amide bonds. The van der Waals surface area contributed by atoms with E-state index in [1.165, 1.54) is 6.42 Å². The fraction of sp³-hybridized carbons (Fsp3) is 0.500. The van der Waals surface area contributed by atoms with Crippen molar-refractivity contribution in [3.05, 3.63) is 29.3 Å². The zero-order valence-electron chi connectivity index (χ0n) is 9.95. The van der Waals surface area contributed by atoms with Crippen molar-refractivity contribution in [1.82, 2.24) is 0 Å². The van der Waals surface area contributed by atoms with Crippen molar-refractivity contribution in [3.63, 3.8) is 0 Å². The average Bonchev–Trinajstić information content (AvgIpc) is 2.18. The van der Waals surface area contributed by atoms with E-state index in [1.54, 1.807) is 0 Å². The van der Waals surface area contributed by atoms with Gasteiger partial charge in [0.05, 0.1) is 12.2 Å². The number of hydrogen-bond donors (Lipinski definition) is 0. The minimum absolute atomic E-state index is 0.237. The molecule has 0 heterocycles. The molecule has 1 fully saturated rings. The first-order valence-electron chi connectivity index (χ1n) is 6.00. The molecular weight excluding hydrogens is 200 g/mol. The van der Waals surface area contributed by atoms with Gasteiger partial charge < -0.3 is 4.74 Å². The van der Waals surface area contributed by atoms with Crippen molar-refractivity contribution in [3.8, 4) is 5.75 Å². The van der Waals surface area contributed by atoms with E-state index in [-0.39, 0.29) is 11.7 Å². The van der Waals surface area contributed by atoms with Gasteiger partial charge in [0.25, 0.3) is 0 Å². The molecule has 0 saturated heterocycles. The second-order valence-corrected chi connectivity index (χ2v) is 4.42. The van der Waals surface area contributed by atoms with Crippen LogP contribution in [0.2, 0.25) is 0 Å². The van der Waals surface area contributed by atoms with Gasteiger partial charge in [0.1, 0.15) is 5.75 Å². The Bertz CT molecular complexity index is 392. The van der Waals surface area contributed by atoms with Crippen LogP contribution in [0.3, 0.4) is 0 Å². The molecule has 1 aromatic rings. The predicted octanol–water partition coefficient (Wildman–Crippen LogP) is 3.38. The van der Waals surface area contributed by atoms with Gasteiger partial charge in [-0.05, 0) is 38.8 Å². The zero-order valence-corrected chi connectivity index (χ0v) is 9.95. The van der Waals surface area contributed by atoms with Crippen LogP contribution >= 0.6 is 0 Å². The highest BCUT2D eigenvalue weighted by atomic mass is 16.5. The summed E-state index contributed by atoms with van der Waals surface area (Å²) in [6.07, 6.45) is 3.27. The molecule has 2 rings (SSSR count). The molecule has 0 spiro atoms. The Morgan fingerprint density at radius 1 is 1.44 bits per heavy atom. The smallest absolute Gasteiger partial charge is 0.169 e. The normalized spacial score (nSPS) is 15.6. The van der Waals surface area contributed by atoms with E-state index in [4.69, 9.17) is 4.74 Å². The summed E-state index contributed by atoms with van der Waals surface area (Å²) < 4.78 is 5.51. The lowest BCUT2D eigenvalue weighted by Crippen LogP contribution is -2.22. The second-order valence-electron chi connectivity index (χ2n) is 4.42. The van der Waals surface area contributed by atoms with E-state index in [0.717, 1.165) is 29.7 Å². The molecule has 86 valence electrons. The van der Waals surface area contributed by atoms with Crippen molar-refractivity contribution in [2.24, 2.45) is 5.92 Å². The van der Waals surface area contributed by atoms with Crippen LogP contribution < -0.4 is 4.74 Å². The maximum Gasteiger partial charge on any atom is 0.169 e. The van der Waals surface area contributed by atoms with Crippen molar-refractivity contribution < 1.29 is 9.53 Å². The minimum Gasteiger partial charge on any atom is -0.493 e. The lowest BCUT2D eigenvalue weighted by Gasteiger charge is -2.24. The van der Waals surface area contributed by atoms with Crippen LogP contribution in [0.5, 0.6) is 5.75 Å². The fourth-order valence-corrected chi connectivity index (χ4v) is 2.01. The fourth-order valence-electron chi connectivity index (χ4n) is 2.01. The van der Waals surface area contributed by atoms with E-state index in [0.29, 0.717) is 6.61 Å². The molecule has 0 atom stereocenters. The highest BCUT2D eigenvalue weighted by molar-refractivity contribution is 6.00. The Kier molecular flexibility index (Phi) is 3.28. The summed E-state index contributed by atoms with van der Waals surface area (Å²) in [4.78, 5) is 12.2. The third-order valence-corrected chi connectivity index (χ3v) is 3.18. The number of carbonyl (C=O) groups excluding carboxylic acids is 1. The molecule has 1 aliphatic carbocycles. The van der Waals surface area contributed by atoms with Crippen molar-refractivity contribution in [2.45, 2.75) is 33.1 Å². The summed E-state index contributed by atoms with van der Waals surface area (Å²) >= 11 is 0. The van der Waals surface area contributed by atoms with Crippen LogP contribution in [-0.2, 0) is 0 Å². The van der Waals surface area contributed by atoms with E-state index in [9.17, 15) is 4.79 Å². The summed E-state index contributed by atoms with van der Waals surface area (Å²) in [6.45, 7) is 4.55. The van der Waals surface area contributed by atoms with E-state index >= 15 is 0 Å². The van der Waals surface area contributed by atoms with Gasteiger partial charge in [0.2, 0.25) is 0 Å². The average molecular weight is 218 g/mol. The largest absolute Gasteiger partial charge is 0.493 e. The monoisotopic (exact) mass is 218 g/mol. The number of benzene rings is 1. The van der Waals surface area contributed by atoms with Crippen LogP contribution in [0.4, 0.5) is 0 Å². The quantitative estimate of drug-likeness (QED) is 0.724. The maximum atomic E-state index is 12.2. The van der Waals surface area contributed by atoms with Crippen LogP contribution in [0, 0.1) is 12.8 Å². The number of hydrogen-bond acceptors (Lipinski definition) is 2. The first-order chi connectivity index (χ1) is 7.72. The molecule has 2 nitrogen and oxygen atoms in total. The number of aryl methyl sites for hydroxylation is 1. The SMILES string of the molecule is CCOc1ccc(C)cc1C(=O)C1CCC1. The van der Waals surface area contributed by atoms with Crippen molar-refractivity contribution >= 4 is 5.78 Å². The van der Waals surface area contributed by atoms with Gasteiger partial charge in [-0.25, -0.2) is 0 Å². The molecule has 1 aromatic carbocycles. The number of ketones is 1. The van der Waals surface area contributed by atoms with E-state index in [1.807, 2.05) is 32.0 Å². The third-order valence-electron chi connectivity index (χ3n) is 3.18. The topological polar surface area (TPSA) is 26.3 Å². The third kappa shape index (κ3) is 2.11. The van der Waals surface area contributed by atoms with Crippen molar-refractivity contribution in [2.75, 3.05) is 6.61 Å². The number of ether oxygens (including phenoxy) is 1. The van der Waals surface area contributed by atoms with Crippen LogP contribution in [-0.4, -0.2) is 12.4 Å². The minimum atomic E-state index is 0.237. The van der Waals surface area contributed by atoms with Gasteiger partial charge in [-0.3, -0.25) is 4.79 Å². The van der Waals surface area contributed by atoms with Crippen LogP contribution in [0.25, 0.3) is 0 Å². The molecule has 0 aromatic heterocycles. The van der Waals surface area contributed by atoms with Crippen molar-refractivity contribution in [1.29, 1.82) is 0 Å². The molecule has 0 N–H and O–H groups in total. The summed E-state index contributed by atoms with van der Waals surface area (Å²) in [5.41, 5.74) is 1.89. The Labute approximate surface area is 96.6 Å². The van der Waals surface area contributed by atoms with Gasteiger partial charge in [-0.2, -0.15) is 0 Å². The lowest BCUT2D eigenvalue weighted by atomic mass is 9.79. The summed E-state index contributed by atoms with van der Waals surface area (Å²) in [6, 6.07) is 5.85. The summed E-state index contributed by atoms with van der Waals surface area (Å²) in [5.74, 6) is 1.24. The van der Waals surface area contributed by atoms with Gasteiger partial charge in [-0.1, -0.05) is 18.1 Å². The molecule has 2 heteroatoms. The van der Waals surface area contributed by atoms with Gasteiger partial charge in [0, 0.05) is 5.92 Å². The second kappa shape index (κ2) is 4.69. The summed E-state index contributed by atoms with van der Waals surface area (Å²) in [5, 5.41) is 0. The van der Waals surface area contributed by atoms with E-state index in [2.05, 4.69) is 0 Å². The van der Waals surface area contributed by atoms with Gasteiger partial charge >= 0.3 is 0 Å².